The van der Waals surface area contributed by atoms with Gasteiger partial charge in [0.25, 0.3) is 0 Å². The van der Waals surface area contributed by atoms with E-state index in [0.717, 1.165) is 7.11 Å². The summed E-state index contributed by atoms with van der Waals surface area (Å²) in [4.78, 5) is 10.9. The van der Waals surface area contributed by atoms with Crippen LogP contribution in [0.4, 0.5) is 0 Å². The maximum atomic E-state index is 11.7. The third kappa shape index (κ3) is 3.41. The van der Waals surface area contributed by atoms with E-state index < -0.39 is 21.7 Å². The Morgan fingerprint density at radius 3 is 2.88 bits per heavy atom. The second kappa shape index (κ2) is 5.58. The molecule has 1 heterocycles. The molecule has 94 valence electrons. The van der Waals surface area contributed by atoms with Gasteiger partial charge in [0.2, 0.25) is 10.0 Å². The molecule has 1 aliphatic heterocycles. The molecule has 0 spiro atoms. The molecule has 1 aliphatic rings. The molecule has 0 aromatic rings. The van der Waals surface area contributed by atoms with Gasteiger partial charge in [-0.25, -0.2) is 8.42 Å². The molecule has 1 rings (SSSR count). The number of nitrogens with two attached hydrogens (primary N) is 1. The Kier molecular flexibility index (Phi) is 4.66. The van der Waals surface area contributed by atoms with Gasteiger partial charge >= 0.3 is 5.97 Å². The maximum Gasteiger partial charge on any atom is 0.322 e. The number of rotatable bonds is 4. The number of methoxy groups -OCH3 is 1. The summed E-state index contributed by atoms with van der Waals surface area (Å²) in [6, 6.07) is 0. The summed E-state index contributed by atoms with van der Waals surface area (Å²) in [5, 5.41) is 0. The Hall–Kier alpha value is -0.700. The molecule has 1 saturated heterocycles. The summed E-state index contributed by atoms with van der Waals surface area (Å²) in [7, 11) is -2.46. The van der Waals surface area contributed by atoms with Crippen LogP contribution >= 0.6 is 0 Å². The van der Waals surface area contributed by atoms with Gasteiger partial charge in [0.05, 0.1) is 19.8 Å². The standard InChI is InChI=1S/C8H16N2O5S/c1-14-8(11)6-16(12,13)10-2-3-15-7(4-9)5-10/h7H,2-6,9H2,1H3. The van der Waals surface area contributed by atoms with Gasteiger partial charge in [-0.3, -0.25) is 4.79 Å². The molecule has 0 aromatic heterocycles. The lowest BCUT2D eigenvalue weighted by Gasteiger charge is -2.31. The highest BCUT2D eigenvalue weighted by Gasteiger charge is 2.30. The lowest BCUT2D eigenvalue weighted by atomic mass is 10.3. The SMILES string of the molecule is COC(=O)CS(=O)(=O)N1CCOC(CN)C1. The van der Waals surface area contributed by atoms with E-state index in [1.165, 1.54) is 4.31 Å². The molecule has 7 nitrogen and oxygen atoms in total. The minimum atomic E-state index is -3.61. The molecule has 0 aromatic carbocycles. The van der Waals surface area contributed by atoms with Gasteiger partial charge in [0.1, 0.15) is 0 Å². The second-order valence-corrected chi connectivity index (χ2v) is 5.39. The summed E-state index contributed by atoms with van der Waals surface area (Å²) in [5.74, 6) is -1.41. The van der Waals surface area contributed by atoms with Crippen LogP contribution in [0.2, 0.25) is 0 Å². The molecule has 0 radical (unpaired) electrons. The Bertz CT molecular complexity index is 342. The summed E-state index contributed by atoms with van der Waals surface area (Å²) in [6.07, 6.45) is -0.304. The first-order valence-electron chi connectivity index (χ1n) is 4.86. The van der Waals surface area contributed by atoms with Gasteiger partial charge in [-0.15, -0.1) is 0 Å². The highest BCUT2D eigenvalue weighted by Crippen LogP contribution is 2.10. The molecule has 1 fully saturated rings. The van der Waals surface area contributed by atoms with Crippen LogP contribution in [0, 0.1) is 0 Å². The molecule has 16 heavy (non-hydrogen) atoms. The number of hydrogen-bond donors (Lipinski definition) is 1. The predicted molar refractivity (Wildman–Crippen MR) is 56.2 cm³/mol. The molecule has 0 bridgehead atoms. The molecule has 0 aliphatic carbocycles. The van der Waals surface area contributed by atoms with Crippen LogP contribution in [-0.4, -0.2) is 63.9 Å². The topological polar surface area (TPSA) is 98.9 Å². The highest BCUT2D eigenvalue weighted by molar-refractivity contribution is 7.89. The van der Waals surface area contributed by atoms with E-state index in [4.69, 9.17) is 10.5 Å². The number of hydrogen-bond acceptors (Lipinski definition) is 6. The second-order valence-electron chi connectivity index (χ2n) is 3.42. The average molecular weight is 252 g/mol. The van der Waals surface area contributed by atoms with Crippen molar-refractivity contribution in [3.8, 4) is 0 Å². The number of esters is 1. The van der Waals surface area contributed by atoms with Crippen LogP contribution in [0.15, 0.2) is 0 Å². The summed E-state index contributed by atoms with van der Waals surface area (Å²) in [6.45, 7) is 0.984. The normalized spacial score (nSPS) is 23.0. The zero-order valence-corrected chi connectivity index (χ0v) is 9.90. The fraction of sp³-hybridized carbons (Fsp3) is 0.875. The fourth-order valence-corrected chi connectivity index (χ4v) is 2.73. The van der Waals surface area contributed by atoms with Crippen molar-refractivity contribution >= 4 is 16.0 Å². The molecule has 2 N–H and O–H groups in total. The zero-order chi connectivity index (χ0) is 12.2. The van der Waals surface area contributed by atoms with Gasteiger partial charge in [0.15, 0.2) is 5.75 Å². The molecule has 8 heteroatoms. The van der Waals surface area contributed by atoms with E-state index in [9.17, 15) is 13.2 Å². The van der Waals surface area contributed by atoms with Crippen molar-refractivity contribution in [1.82, 2.24) is 4.31 Å². The quantitative estimate of drug-likeness (QED) is 0.590. The summed E-state index contributed by atoms with van der Waals surface area (Å²) in [5.41, 5.74) is 5.40. The Labute approximate surface area is 94.5 Å². The minimum Gasteiger partial charge on any atom is -0.468 e. The van der Waals surface area contributed by atoms with E-state index in [1.807, 2.05) is 0 Å². The third-order valence-electron chi connectivity index (χ3n) is 2.29. The Morgan fingerprint density at radius 2 is 2.31 bits per heavy atom. The van der Waals surface area contributed by atoms with Crippen LogP contribution in [0.1, 0.15) is 0 Å². The number of carbonyl (C=O) groups is 1. The van der Waals surface area contributed by atoms with Crippen LogP contribution < -0.4 is 5.73 Å². The highest BCUT2D eigenvalue weighted by atomic mass is 32.2. The minimum absolute atomic E-state index is 0.190. The van der Waals surface area contributed by atoms with Crippen molar-refractivity contribution in [2.24, 2.45) is 5.73 Å². The van der Waals surface area contributed by atoms with Crippen molar-refractivity contribution in [3.63, 3.8) is 0 Å². The number of nitrogens with zero attached hydrogens (tertiary/aromatic N) is 1. The van der Waals surface area contributed by atoms with Crippen molar-refractivity contribution in [2.75, 3.05) is 39.1 Å². The van der Waals surface area contributed by atoms with E-state index >= 15 is 0 Å². The van der Waals surface area contributed by atoms with E-state index in [-0.39, 0.29) is 25.7 Å². The number of carbonyl (C=O) groups excluding carboxylic acids is 1. The zero-order valence-electron chi connectivity index (χ0n) is 9.09. The number of morpholine rings is 1. The van der Waals surface area contributed by atoms with Crippen LogP contribution in [0.5, 0.6) is 0 Å². The summed E-state index contributed by atoms with van der Waals surface area (Å²) < 4.78 is 34.3. The van der Waals surface area contributed by atoms with Crippen LogP contribution in [0.3, 0.4) is 0 Å². The van der Waals surface area contributed by atoms with Crippen molar-refractivity contribution in [2.45, 2.75) is 6.10 Å². The van der Waals surface area contributed by atoms with E-state index in [2.05, 4.69) is 4.74 Å². The number of ether oxygens (including phenoxy) is 2. The average Bonchev–Trinajstić information content (AvgIpc) is 2.28. The van der Waals surface area contributed by atoms with Gasteiger partial charge in [-0.2, -0.15) is 4.31 Å². The smallest absolute Gasteiger partial charge is 0.322 e. The van der Waals surface area contributed by atoms with Crippen molar-refractivity contribution in [1.29, 1.82) is 0 Å². The Morgan fingerprint density at radius 1 is 1.62 bits per heavy atom. The van der Waals surface area contributed by atoms with Gasteiger partial charge in [0, 0.05) is 19.6 Å². The first-order chi connectivity index (χ1) is 7.49. The Balaban J connectivity index is 2.64. The van der Waals surface area contributed by atoms with Crippen molar-refractivity contribution < 1.29 is 22.7 Å². The van der Waals surface area contributed by atoms with E-state index in [1.54, 1.807) is 0 Å². The lowest BCUT2D eigenvalue weighted by Crippen LogP contribution is -2.49. The van der Waals surface area contributed by atoms with Crippen LogP contribution in [0.25, 0.3) is 0 Å². The fourth-order valence-electron chi connectivity index (χ4n) is 1.39. The van der Waals surface area contributed by atoms with Crippen LogP contribution in [-0.2, 0) is 24.3 Å². The first kappa shape index (κ1) is 13.4. The monoisotopic (exact) mass is 252 g/mol. The van der Waals surface area contributed by atoms with Gasteiger partial charge in [-0.05, 0) is 0 Å². The van der Waals surface area contributed by atoms with Gasteiger partial charge in [-0.1, -0.05) is 0 Å². The molecule has 1 unspecified atom stereocenters. The number of sulfonamides is 1. The molecule has 1 atom stereocenters. The molecule has 0 amide bonds. The largest absolute Gasteiger partial charge is 0.468 e. The van der Waals surface area contributed by atoms with Crippen molar-refractivity contribution in [3.05, 3.63) is 0 Å². The predicted octanol–water partition coefficient (Wildman–Crippen LogP) is -1.85. The lowest BCUT2D eigenvalue weighted by molar-refractivity contribution is -0.137. The molecule has 0 saturated carbocycles. The molecular weight excluding hydrogens is 236 g/mol. The maximum absolute atomic E-state index is 11.7. The molecular formula is C8H16N2O5S. The van der Waals surface area contributed by atoms with Gasteiger partial charge < -0.3 is 15.2 Å². The summed E-state index contributed by atoms with van der Waals surface area (Å²) >= 11 is 0. The first-order valence-corrected chi connectivity index (χ1v) is 6.47. The van der Waals surface area contributed by atoms with E-state index in [0.29, 0.717) is 6.61 Å². The third-order valence-corrected chi connectivity index (χ3v) is 4.00.